The quantitative estimate of drug-likeness (QED) is 0.481. The van der Waals surface area contributed by atoms with Crippen molar-refractivity contribution in [2.24, 2.45) is 0 Å². The fourth-order valence-electron chi connectivity index (χ4n) is 3.41. The first-order valence-corrected chi connectivity index (χ1v) is 8.90. The van der Waals surface area contributed by atoms with Crippen molar-refractivity contribution in [1.29, 1.82) is 0 Å². The van der Waals surface area contributed by atoms with Crippen LogP contribution >= 0.6 is 0 Å². The Hall–Kier alpha value is -3.34. The van der Waals surface area contributed by atoms with Crippen molar-refractivity contribution < 1.29 is 9.45 Å². The summed E-state index contributed by atoms with van der Waals surface area (Å²) in [5, 5.41) is 15.4. The molecule has 4 rings (SSSR count). The molecule has 4 heterocycles. The van der Waals surface area contributed by atoms with Crippen LogP contribution in [0.5, 0.6) is 0 Å². The molecular formula is C17H19N7O4. The molecule has 3 aromatic heterocycles. The van der Waals surface area contributed by atoms with Crippen LogP contribution in [0.15, 0.2) is 33.7 Å². The second kappa shape index (κ2) is 7.00. The third-order valence-electron chi connectivity index (χ3n) is 4.94. The molecule has 0 spiro atoms. The van der Waals surface area contributed by atoms with Crippen LogP contribution in [0.1, 0.15) is 24.7 Å². The molecule has 0 saturated carbocycles. The first kappa shape index (κ1) is 18.0. The van der Waals surface area contributed by atoms with E-state index in [4.69, 9.17) is 4.52 Å². The summed E-state index contributed by atoms with van der Waals surface area (Å²) in [5.74, 6) is 1.23. The number of nitrogens with zero attached hydrogens (tertiary/aromatic N) is 7. The van der Waals surface area contributed by atoms with Crippen LogP contribution in [0.4, 0.5) is 11.5 Å². The minimum absolute atomic E-state index is 0.0616. The van der Waals surface area contributed by atoms with Crippen molar-refractivity contribution in [2.75, 3.05) is 31.1 Å². The first-order valence-electron chi connectivity index (χ1n) is 8.90. The molecule has 28 heavy (non-hydrogen) atoms. The van der Waals surface area contributed by atoms with Gasteiger partial charge in [0, 0.05) is 32.4 Å². The van der Waals surface area contributed by atoms with Crippen molar-refractivity contribution in [2.45, 2.75) is 19.9 Å². The second-order valence-corrected chi connectivity index (χ2v) is 6.65. The van der Waals surface area contributed by atoms with Gasteiger partial charge in [0.05, 0.1) is 11.0 Å². The van der Waals surface area contributed by atoms with Crippen molar-refractivity contribution in [3.8, 4) is 0 Å². The maximum Gasteiger partial charge on any atom is 0.376 e. The van der Waals surface area contributed by atoms with Crippen LogP contribution in [-0.2, 0) is 0 Å². The molecule has 11 heteroatoms. The van der Waals surface area contributed by atoms with Gasteiger partial charge in [0.25, 0.3) is 0 Å². The van der Waals surface area contributed by atoms with E-state index < -0.39 is 16.2 Å². The lowest BCUT2D eigenvalue weighted by molar-refractivity contribution is -0.385. The first-order chi connectivity index (χ1) is 13.5. The van der Waals surface area contributed by atoms with E-state index >= 15 is 0 Å². The molecule has 0 aromatic carbocycles. The van der Waals surface area contributed by atoms with Gasteiger partial charge in [-0.25, -0.2) is 4.98 Å². The molecule has 0 bridgehead atoms. The molecule has 1 atom stereocenters. The van der Waals surface area contributed by atoms with Gasteiger partial charge in [0.15, 0.2) is 5.82 Å². The van der Waals surface area contributed by atoms with Crippen molar-refractivity contribution in [3.05, 3.63) is 56.6 Å². The lowest BCUT2D eigenvalue weighted by atomic mass is 10.2. The Kier molecular flexibility index (Phi) is 4.51. The Morgan fingerprint density at radius 3 is 2.61 bits per heavy atom. The Morgan fingerprint density at radius 2 is 1.96 bits per heavy atom. The highest BCUT2D eigenvalue weighted by atomic mass is 16.6. The summed E-state index contributed by atoms with van der Waals surface area (Å²) in [6, 6.07) is 4.97. The number of fused-ring (bicyclic) bond motifs is 1. The molecule has 11 nitrogen and oxygen atoms in total. The summed E-state index contributed by atoms with van der Waals surface area (Å²) in [6.07, 6.45) is 1.48. The minimum Gasteiger partial charge on any atom is -0.348 e. The summed E-state index contributed by atoms with van der Waals surface area (Å²) in [6.45, 7) is 5.97. The lowest BCUT2D eigenvalue weighted by Gasteiger charge is -2.37. The average molecular weight is 385 g/mol. The van der Waals surface area contributed by atoms with Gasteiger partial charge in [-0.15, -0.1) is 0 Å². The molecule has 1 fully saturated rings. The van der Waals surface area contributed by atoms with E-state index in [9.17, 15) is 14.9 Å². The maximum atomic E-state index is 12.6. The highest BCUT2D eigenvalue weighted by molar-refractivity contribution is 5.61. The molecule has 0 amide bonds. The minimum atomic E-state index is -0.678. The van der Waals surface area contributed by atoms with E-state index in [1.54, 1.807) is 30.0 Å². The zero-order valence-corrected chi connectivity index (χ0v) is 15.5. The third-order valence-corrected chi connectivity index (χ3v) is 4.94. The molecule has 1 saturated heterocycles. The number of piperazine rings is 1. The van der Waals surface area contributed by atoms with E-state index in [2.05, 4.69) is 20.0 Å². The summed E-state index contributed by atoms with van der Waals surface area (Å²) in [7, 11) is 0. The Morgan fingerprint density at radius 1 is 1.21 bits per heavy atom. The van der Waals surface area contributed by atoms with Crippen molar-refractivity contribution in [3.63, 3.8) is 0 Å². The number of hydrogen-bond donors (Lipinski definition) is 0. The van der Waals surface area contributed by atoms with Gasteiger partial charge in [0.2, 0.25) is 11.7 Å². The monoisotopic (exact) mass is 385 g/mol. The molecule has 1 aliphatic heterocycles. The van der Waals surface area contributed by atoms with E-state index in [0.29, 0.717) is 43.5 Å². The molecule has 0 N–H and O–H groups in total. The number of aryl methyl sites for hydroxylation is 1. The topological polar surface area (TPSA) is 123 Å². The van der Waals surface area contributed by atoms with Crippen LogP contribution < -0.4 is 10.5 Å². The van der Waals surface area contributed by atoms with Gasteiger partial charge in [-0.1, -0.05) is 11.2 Å². The Balaban J connectivity index is 1.61. The van der Waals surface area contributed by atoms with Crippen molar-refractivity contribution >= 4 is 17.2 Å². The number of anilines is 1. The number of aromatic nitrogens is 4. The number of nitro groups is 1. The fraction of sp³-hybridized carbons (Fsp3) is 0.412. The predicted molar refractivity (Wildman–Crippen MR) is 99.4 cm³/mol. The standard InChI is InChI=1S/C17H19N7O4/c1-11(16-18-12(2)20-28-16)21-7-9-22(10-8-21)15-14(24(26)27)17(25)23-6-4-3-5-13(23)19-15/h3-6,11H,7-10H2,1-2H3. The van der Waals surface area contributed by atoms with Gasteiger partial charge in [0.1, 0.15) is 5.65 Å². The van der Waals surface area contributed by atoms with Gasteiger partial charge in [-0.3, -0.25) is 24.2 Å². The molecule has 1 aliphatic rings. The predicted octanol–water partition coefficient (Wildman–Crippen LogP) is 1.18. The van der Waals surface area contributed by atoms with Crippen molar-refractivity contribution in [1.82, 2.24) is 24.4 Å². The third kappa shape index (κ3) is 3.09. The molecule has 3 aromatic rings. The van der Waals surface area contributed by atoms with Gasteiger partial charge >= 0.3 is 11.2 Å². The van der Waals surface area contributed by atoms with E-state index in [-0.39, 0.29) is 11.9 Å². The molecule has 0 radical (unpaired) electrons. The zero-order valence-electron chi connectivity index (χ0n) is 15.5. The number of pyridine rings is 1. The van der Waals surface area contributed by atoms with Gasteiger partial charge in [-0.2, -0.15) is 4.98 Å². The molecule has 0 aliphatic carbocycles. The molecule has 146 valence electrons. The average Bonchev–Trinajstić information content (AvgIpc) is 3.13. The van der Waals surface area contributed by atoms with Gasteiger partial charge in [-0.05, 0) is 26.0 Å². The van der Waals surface area contributed by atoms with E-state index in [0.717, 1.165) is 0 Å². The van der Waals surface area contributed by atoms with Crippen LogP contribution in [0.3, 0.4) is 0 Å². The highest BCUT2D eigenvalue weighted by Gasteiger charge is 2.31. The smallest absolute Gasteiger partial charge is 0.348 e. The summed E-state index contributed by atoms with van der Waals surface area (Å²) in [5.41, 5.74) is -0.800. The largest absolute Gasteiger partial charge is 0.376 e. The van der Waals surface area contributed by atoms with Gasteiger partial charge < -0.3 is 9.42 Å². The fourth-order valence-corrected chi connectivity index (χ4v) is 3.41. The SMILES string of the molecule is Cc1noc(C(C)N2CCN(c3nc4ccccn4c(=O)c3[N+](=O)[O-])CC2)n1. The zero-order chi connectivity index (χ0) is 19.8. The summed E-state index contributed by atoms with van der Waals surface area (Å²) in [4.78, 5) is 36.1. The molecular weight excluding hydrogens is 366 g/mol. The summed E-state index contributed by atoms with van der Waals surface area (Å²) < 4.78 is 6.44. The number of hydrogen-bond acceptors (Lipinski definition) is 9. The van der Waals surface area contributed by atoms with Crippen LogP contribution in [0, 0.1) is 17.0 Å². The number of rotatable bonds is 4. The molecule has 1 unspecified atom stereocenters. The second-order valence-electron chi connectivity index (χ2n) is 6.65. The maximum absolute atomic E-state index is 12.6. The van der Waals surface area contributed by atoms with Crippen LogP contribution in [0.2, 0.25) is 0 Å². The highest BCUT2D eigenvalue weighted by Crippen LogP contribution is 2.26. The summed E-state index contributed by atoms with van der Waals surface area (Å²) >= 11 is 0. The normalized spacial score (nSPS) is 16.4. The van der Waals surface area contributed by atoms with E-state index in [1.165, 1.54) is 10.6 Å². The lowest BCUT2D eigenvalue weighted by Crippen LogP contribution is -2.48. The van der Waals surface area contributed by atoms with Crippen LogP contribution in [-0.4, -0.2) is 55.5 Å². The Bertz CT molecular complexity index is 1080. The van der Waals surface area contributed by atoms with E-state index in [1.807, 2.05) is 6.92 Å². The Labute approximate surface area is 159 Å². The van der Waals surface area contributed by atoms with Crippen LogP contribution in [0.25, 0.3) is 5.65 Å².